The van der Waals surface area contributed by atoms with Crippen molar-refractivity contribution in [3.8, 4) is 5.75 Å². The number of carboxylic acid groups (broad SMARTS) is 1. The molecular weight excluding hydrogens is 292 g/mol. The molecule has 0 amide bonds. The predicted octanol–water partition coefficient (Wildman–Crippen LogP) is 0.627. The van der Waals surface area contributed by atoms with E-state index in [0.29, 0.717) is 12.2 Å². The average Bonchev–Trinajstić information content (AvgIpc) is 2.46. The summed E-state index contributed by atoms with van der Waals surface area (Å²) in [6, 6.07) is 4.97. The maximum absolute atomic E-state index is 11.7. The van der Waals surface area contributed by atoms with Gasteiger partial charge in [0.05, 0.1) is 0 Å². The summed E-state index contributed by atoms with van der Waals surface area (Å²) < 4.78 is 5.16. The zero-order valence-electron chi connectivity index (χ0n) is 11.8. The molecule has 0 fully saturated rings. The van der Waals surface area contributed by atoms with Crippen molar-refractivity contribution in [2.45, 2.75) is 24.9 Å². The molecule has 7 heteroatoms. The van der Waals surface area contributed by atoms with Crippen LogP contribution >= 0.6 is 11.8 Å². The first-order valence-corrected chi connectivity index (χ1v) is 7.87. The lowest BCUT2D eigenvalue weighted by Gasteiger charge is -2.11. The molecule has 0 saturated heterocycles. The molecule has 0 aliphatic rings. The van der Waals surface area contributed by atoms with E-state index in [9.17, 15) is 9.59 Å². The minimum Gasteiger partial charge on any atom is -0.480 e. The fraction of sp³-hybridized carbons (Fsp3) is 0.429. The summed E-state index contributed by atoms with van der Waals surface area (Å²) in [5, 5.41) is 8.74. The van der Waals surface area contributed by atoms with Crippen molar-refractivity contribution in [3.63, 3.8) is 0 Å². The van der Waals surface area contributed by atoms with Gasteiger partial charge in [0.25, 0.3) is 0 Å². The minimum atomic E-state index is -1.05. The van der Waals surface area contributed by atoms with Crippen LogP contribution in [-0.4, -0.2) is 41.1 Å². The number of hydrogen-bond donors (Lipinski definition) is 3. The predicted molar refractivity (Wildman–Crippen MR) is 82.4 cm³/mol. The molecule has 0 aliphatic heterocycles. The number of hydrogen-bond acceptors (Lipinski definition) is 6. The van der Waals surface area contributed by atoms with Crippen LogP contribution in [0.4, 0.5) is 0 Å². The molecular formula is C14H20N2O4S. The van der Waals surface area contributed by atoms with E-state index < -0.39 is 24.0 Å². The molecule has 21 heavy (non-hydrogen) atoms. The van der Waals surface area contributed by atoms with Crippen molar-refractivity contribution in [2.24, 2.45) is 11.5 Å². The summed E-state index contributed by atoms with van der Waals surface area (Å²) in [7, 11) is 0. The van der Waals surface area contributed by atoms with Crippen LogP contribution in [0.5, 0.6) is 5.75 Å². The highest BCUT2D eigenvalue weighted by molar-refractivity contribution is 7.98. The molecule has 1 rings (SSSR count). The Balaban J connectivity index is 2.54. The van der Waals surface area contributed by atoms with E-state index in [1.165, 1.54) is 0 Å². The van der Waals surface area contributed by atoms with Crippen molar-refractivity contribution in [2.75, 3.05) is 12.0 Å². The lowest BCUT2D eigenvalue weighted by molar-refractivity contribution is -0.138. The fourth-order valence-corrected chi connectivity index (χ4v) is 2.08. The molecule has 116 valence electrons. The third-order valence-corrected chi connectivity index (χ3v) is 3.49. The third kappa shape index (κ3) is 6.16. The number of rotatable bonds is 8. The van der Waals surface area contributed by atoms with Crippen molar-refractivity contribution in [1.82, 2.24) is 0 Å². The molecule has 0 radical (unpaired) electrons. The number of benzene rings is 1. The van der Waals surface area contributed by atoms with Gasteiger partial charge in [-0.25, -0.2) is 4.79 Å². The number of carboxylic acids is 1. The second kappa shape index (κ2) is 8.66. The maximum Gasteiger partial charge on any atom is 0.328 e. The monoisotopic (exact) mass is 312 g/mol. The van der Waals surface area contributed by atoms with E-state index in [0.717, 1.165) is 11.3 Å². The minimum absolute atomic E-state index is 0.219. The molecule has 5 N–H and O–H groups in total. The Bertz CT molecular complexity index is 478. The van der Waals surface area contributed by atoms with E-state index in [4.69, 9.17) is 21.3 Å². The number of thioether (sulfide) groups is 1. The van der Waals surface area contributed by atoms with Crippen LogP contribution < -0.4 is 16.2 Å². The highest BCUT2D eigenvalue weighted by Crippen LogP contribution is 2.14. The Morgan fingerprint density at radius 3 is 2.38 bits per heavy atom. The Morgan fingerprint density at radius 1 is 1.24 bits per heavy atom. The summed E-state index contributed by atoms with van der Waals surface area (Å²) in [5.41, 5.74) is 11.9. The number of aliphatic carboxylic acids is 1. The topological polar surface area (TPSA) is 116 Å². The van der Waals surface area contributed by atoms with Gasteiger partial charge in [-0.1, -0.05) is 12.1 Å². The smallest absolute Gasteiger partial charge is 0.328 e. The summed E-state index contributed by atoms with van der Waals surface area (Å²) in [6.45, 7) is 0. The molecule has 0 spiro atoms. The SMILES string of the molecule is CSCCC(N)C(=O)Oc1ccc(CC(N)C(=O)O)cc1. The summed E-state index contributed by atoms with van der Waals surface area (Å²) in [6.07, 6.45) is 2.72. The van der Waals surface area contributed by atoms with E-state index in [-0.39, 0.29) is 6.42 Å². The molecule has 0 bridgehead atoms. The maximum atomic E-state index is 11.7. The normalized spacial score (nSPS) is 13.5. The van der Waals surface area contributed by atoms with Gasteiger partial charge in [0.15, 0.2) is 0 Å². The van der Waals surface area contributed by atoms with Crippen LogP contribution in [-0.2, 0) is 16.0 Å². The van der Waals surface area contributed by atoms with Crippen molar-refractivity contribution < 1.29 is 19.4 Å². The first-order valence-electron chi connectivity index (χ1n) is 6.47. The van der Waals surface area contributed by atoms with Gasteiger partial charge in [-0.3, -0.25) is 4.79 Å². The highest BCUT2D eigenvalue weighted by atomic mass is 32.2. The standard InChI is InChI=1S/C14H20N2O4S/c1-21-7-6-11(15)14(19)20-10-4-2-9(3-5-10)8-12(16)13(17)18/h2-5,11-12H,6-8,15-16H2,1H3,(H,17,18). The number of carbonyl (C=O) groups excluding carboxylic acids is 1. The van der Waals surface area contributed by atoms with Gasteiger partial charge in [-0.05, 0) is 42.5 Å². The van der Waals surface area contributed by atoms with Gasteiger partial charge in [-0.2, -0.15) is 11.8 Å². The third-order valence-electron chi connectivity index (χ3n) is 2.85. The number of nitrogens with two attached hydrogens (primary N) is 2. The lowest BCUT2D eigenvalue weighted by atomic mass is 10.1. The van der Waals surface area contributed by atoms with Gasteiger partial charge < -0.3 is 21.3 Å². The molecule has 0 saturated carbocycles. The van der Waals surface area contributed by atoms with E-state index in [2.05, 4.69) is 0 Å². The van der Waals surface area contributed by atoms with E-state index >= 15 is 0 Å². The number of ether oxygens (including phenoxy) is 1. The van der Waals surface area contributed by atoms with E-state index in [1.54, 1.807) is 36.0 Å². The van der Waals surface area contributed by atoms with Crippen LogP contribution in [0.25, 0.3) is 0 Å². The Labute approximate surface area is 127 Å². The van der Waals surface area contributed by atoms with Gasteiger partial charge >= 0.3 is 11.9 Å². The molecule has 1 aromatic carbocycles. The van der Waals surface area contributed by atoms with Gasteiger partial charge in [0.2, 0.25) is 0 Å². The van der Waals surface area contributed by atoms with Crippen molar-refractivity contribution >= 4 is 23.7 Å². The van der Waals surface area contributed by atoms with Crippen LogP contribution in [0.2, 0.25) is 0 Å². The first-order chi connectivity index (χ1) is 9.93. The number of esters is 1. The second-order valence-electron chi connectivity index (χ2n) is 4.60. The Kier molecular flexibility index (Phi) is 7.21. The highest BCUT2D eigenvalue weighted by Gasteiger charge is 2.16. The van der Waals surface area contributed by atoms with Crippen molar-refractivity contribution in [1.29, 1.82) is 0 Å². The largest absolute Gasteiger partial charge is 0.480 e. The summed E-state index contributed by atoms with van der Waals surface area (Å²) in [5.74, 6) is -0.348. The molecule has 0 heterocycles. The van der Waals surface area contributed by atoms with Crippen LogP contribution in [0.15, 0.2) is 24.3 Å². The van der Waals surface area contributed by atoms with E-state index in [1.807, 2.05) is 6.26 Å². The zero-order valence-corrected chi connectivity index (χ0v) is 12.6. The molecule has 1 aromatic rings. The Hall–Kier alpha value is -1.57. The van der Waals surface area contributed by atoms with Gasteiger partial charge in [0, 0.05) is 0 Å². The molecule has 0 aliphatic carbocycles. The van der Waals surface area contributed by atoms with Crippen molar-refractivity contribution in [3.05, 3.63) is 29.8 Å². The lowest BCUT2D eigenvalue weighted by Crippen LogP contribution is -2.34. The Morgan fingerprint density at radius 2 is 1.86 bits per heavy atom. The van der Waals surface area contributed by atoms with Crippen LogP contribution in [0.3, 0.4) is 0 Å². The fourth-order valence-electron chi connectivity index (χ4n) is 1.59. The number of carbonyl (C=O) groups is 2. The summed E-state index contributed by atoms with van der Waals surface area (Å²) in [4.78, 5) is 22.4. The zero-order chi connectivity index (χ0) is 15.8. The second-order valence-corrected chi connectivity index (χ2v) is 5.59. The molecule has 2 unspecified atom stereocenters. The van der Waals surface area contributed by atoms with Crippen LogP contribution in [0, 0.1) is 0 Å². The molecule has 6 nitrogen and oxygen atoms in total. The van der Waals surface area contributed by atoms with Crippen LogP contribution in [0.1, 0.15) is 12.0 Å². The average molecular weight is 312 g/mol. The quantitative estimate of drug-likeness (QED) is 0.476. The van der Waals surface area contributed by atoms with Gasteiger partial charge in [0.1, 0.15) is 17.8 Å². The molecule has 2 atom stereocenters. The first kappa shape index (κ1) is 17.5. The van der Waals surface area contributed by atoms with Gasteiger partial charge in [-0.15, -0.1) is 0 Å². The molecule has 0 aromatic heterocycles. The summed E-state index contributed by atoms with van der Waals surface area (Å²) >= 11 is 1.62.